The molecule has 1 amide bonds. The van der Waals surface area contributed by atoms with E-state index in [4.69, 9.17) is 9.47 Å². The Kier molecular flexibility index (Phi) is 9.01. The topological polar surface area (TPSA) is 102 Å². The molecule has 41 heavy (non-hydrogen) atoms. The normalized spacial score (nSPS) is 16.2. The van der Waals surface area contributed by atoms with Gasteiger partial charge in [-0.15, -0.1) is 10.2 Å². The number of aliphatic hydroxyl groups excluding tert-OH is 1. The van der Waals surface area contributed by atoms with E-state index < -0.39 is 17.7 Å². The summed E-state index contributed by atoms with van der Waals surface area (Å²) in [7, 11) is 0. The summed E-state index contributed by atoms with van der Waals surface area (Å²) >= 11 is 2.73. The Morgan fingerprint density at radius 2 is 1.73 bits per heavy atom. The van der Waals surface area contributed by atoms with Gasteiger partial charge in [-0.3, -0.25) is 14.5 Å². The average molecular weight is 588 g/mol. The highest BCUT2D eigenvalue weighted by atomic mass is 32.2. The molecule has 1 N–H and O–H groups in total. The fourth-order valence-electron chi connectivity index (χ4n) is 4.45. The lowest BCUT2D eigenvalue weighted by Crippen LogP contribution is -2.29. The standard InChI is InChI=1S/C31H29N3O5S2/c1-3-17-39-23-15-13-21(14-16-23)27(35)25-26(22-11-8-12-24(18-22)38-4-2)34(29(37)28(25)36)30-32-33-31(41-30)40-19-20-9-6-5-7-10-20/h5-16,18,26,35H,3-4,17,19H2,1-2H3/b27-25+. The largest absolute Gasteiger partial charge is 0.507 e. The first-order valence-electron chi connectivity index (χ1n) is 13.3. The zero-order chi connectivity index (χ0) is 28.8. The highest BCUT2D eigenvalue weighted by Crippen LogP contribution is 2.44. The molecular weight excluding hydrogens is 558 g/mol. The van der Waals surface area contributed by atoms with E-state index in [1.54, 1.807) is 48.5 Å². The third-order valence-electron chi connectivity index (χ3n) is 6.34. The number of ketones is 1. The van der Waals surface area contributed by atoms with E-state index in [0.717, 1.165) is 12.0 Å². The van der Waals surface area contributed by atoms with Crippen LogP contribution < -0.4 is 14.4 Å². The Hall–Kier alpha value is -4.15. The number of carbonyl (C=O) groups excluding carboxylic acids is 2. The summed E-state index contributed by atoms with van der Waals surface area (Å²) < 4.78 is 12.0. The summed E-state index contributed by atoms with van der Waals surface area (Å²) in [6.07, 6.45) is 0.865. The van der Waals surface area contributed by atoms with Crippen LogP contribution in [0.25, 0.3) is 5.76 Å². The molecule has 0 aliphatic carbocycles. The molecule has 1 aliphatic rings. The van der Waals surface area contributed by atoms with Crippen molar-refractivity contribution in [3.8, 4) is 11.5 Å². The molecule has 10 heteroatoms. The first-order valence-corrected chi connectivity index (χ1v) is 15.1. The van der Waals surface area contributed by atoms with E-state index in [1.165, 1.54) is 28.0 Å². The number of hydrogen-bond donors (Lipinski definition) is 1. The molecule has 1 saturated heterocycles. The fraction of sp³-hybridized carbons (Fsp3) is 0.226. The van der Waals surface area contributed by atoms with Gasteiger partial charge < -0.3 is 14.6 Å². The monoisotopic (exact) mass is 587 g/mol. The SMILES string of the molecule is CCCOc1ccc(/C(O)=C2\C(=O)C(=O)N(c3nnc(SCc4ccccc4)s3)C2c2cccc(OCC)c2)cc1. The lowest BCUT2D eigenvalue weighted by molar-refractivity contribution is -0.132. The lowest BCUT2D eigenvalue weighted by Gasteiger charge is -2.23. The van der Waals surface area contributed by atoms with E-state index in [-0.39, 0.29) is 16.5 Å². The molecule has 0 radical (unpaired) electrons. The van der Waals surface area contributed by atoms with Crippen LogP contribution in [0.1, 0.15) is 43.0 Å². The zero-order valence-corrected chi connectivity index (χ0v) is 24.3. The number of carbonyl (C=O) groups is 2. The number of anilines is 1. The van der Waals surface area contributed by atoms with Crippen molar-refractivity contribution in [2.24, 2.45) is 0 Å². The van der Waals surface area contributed by atoms with E-state index in [9.17, 15) is 14.7 Å². The summed E-state index contributed by atoms with van der Waals surface area (Å²) in [5.41, 5.74) is 2.11. The van der Waals surface area contributed by atoms with Crippen molar-refractivity contribution >= 4 is 45.7 Å². The van der Waals surface area contributed by atoms with Gasteiger partial charge in [0.05, 0.1) is 24.8 Å². The van der Waals surface area contributed by atoms with Crippen LogP contribution in [-0.4, -0.2) is 40.2 Å². The van der Waals surface area contributed by atoms with Crippen molar-refractivity contribution in [3.05, 3.63) is 101 Å². The second-order valence-electron chi connectivity index (χ2n) is 9.17. The Balaban J connectivity index is 1.53. The van der Waals surface area contributed by atoms with Gasteiger partial charge in [-0.2, -0.15) is 0 Å². The summed E-state index contributed by atoms with van der Waals surface area (Å²) in [6.45, 7) is 4.92. The van der Waals surface area contributed by atoms with Gasteiger partial charge in [0.2, 0.25) is 5.13 Å². The number of hydrogen-bond acceptors (Lipinski definition) is 9. The average Bonchev–Trinajstić information content (AvgIpc) is 3.57. The van der Waals surface area contributed by atoms with Gasteiger partial charge in [0, 0.05) is 11.3 Å². The Labute approximate surface area is 246 Å². The fourth-order valence-corrected chi connectivity index (χ4v) is 6.27. The predicted molar refractivity (Wildman–Crippen MR) is 161 cm³/mol. The zero-order valence-electron chi connectivity index (χ0n) is 22.6. The quantitative estimate of drug-likeness (QED) is 0.0685. The van der Waals surface area contributed by atoms with Crippen molar-refractivity contribution in [1.82, 2.24) is 10.2 Å². The minimum atomic E-state index is -0.925. The summed E-state index contributed by atoms with van der Waals surface area (Å²) in [5, 5.41) is 20.3. The maximum Gasteiger partial charge on any atom is 0.301 e. The summed E-state index contributed by atoms with van der Waals surface area (Å²) in [6, 6.07) is 23.0. The second-order valence-corrected chi connectivity index (χ2v) is 11.4. The summed E-state index contributed by atoms with van der Waals surface area (Å²) in [4.78, 5) is 28.4. The van der Waals surface area contributed by atoms with E-state index in [2.05, 4.69) is 10.2 Å². The van der Waals surface area contributed by atoms with Crippen molar-refractivity contribution in [3.63, 3.8) is 0 Å². The van der Waals surface area contributed by atoms with E-state index in [1.807, 2.05) is 44.2 Å². The molecule has 1 aromatic heterocycles. The molecule has 1 unspecified atom stereocenters. The molecular formula is C31H29N3O5S2. The van der Waals surface area contributed by atoms with Crippen molar-refractivity contribution < 1.29 is 24.2 Å². The smallest absolute Gasteiger partial charge is 0.301 e. The Morgan fingerprint density at radius 1 is 0.951 bits per heavy atom. The molecule has 0 saturated carbocycles. The van der Waals surface area contributed by atoms with Crippen LogP contribution in [-0.2, 0) is 15.3 Å². The van der Waals surface area contributed by atoms with Gasteiger partial charge in [0.25, 0.3) is 5.78 Å². The predicted octanol–water partition coefficient (Wildman–Crippen LogP) is 6.64. The first kappa shape index (κ1) is 28.4. The number of benzene rings is 3. The van der Waals surface area contributed by atoms with Gasteiger partial charge in [-0.25, -0.2) is 0 Å². The van der Waals surface area contributed by atoms with E-state index >= 15 is 0 Å². The molecule has 1 fully saturated rings. The number of ether oxygens (including phenoxy) is 2. The molecule has 2 heterocycles. The number of nitrogens with zero attached hydrogens (tertiary/aromatic N) is 3. The molecule has 5 rings (SSSR count). The third kappa shape index (κ3) is 6.28. The molecule has 0 bridgehead atoms. The number of thioether (sulfide) groups is 1. The number of rotatable bonds is 11. The lowest BCUT2D eigenvalue weighted by atomic mass is 9.95. The third-order valence-corrected chi connectivity index (χ3v) is 8.46. The maximum atomic E-state index is 13.5. The molecule has 210 valence electrons. The highest BCUT2D eigenvalue weighted by molar-refractivity contribution is 8.00. The molecule has 4 aromatic rings. The van der Waals surface area contributed by atoms with Crippen molar-refractivity contribution in [2.75, 3.05) is 18.1 Å². The van der Waals surface area contributed by atoms with Crippen LogP contribution >= 0.6 is 23.1 Å². The number of amides is 1. The molecule has 1 atom stereocenters. The van der Waals surface area contributed by atoms with Gasteiger partial charge >= 0.3 is 5.91 Å². The van der Waals surface area contributed by atoms with Gasteiger partial charge in [-0.1, -0.05) is 72.5 Å². The van der Waals surface area contributed by atoms with Crippen molar-refractivity contribution in [1.29, 1.82) is 0 Å². The van der Waals surface area contributed by atoms with Crippen LogP contribution in [0.4, 0.5) is 5.13 Å². The highest BCUT2D eigenvalue weighted by Gasteiger charge is 2.48. The van der Waals surface area contributed by atoms with Crippen molar-refractivity contribution in [2.45, 2.75) is 36.4 Å². The van der Waals surface area contributed by atoms with Crippen LogP contribution in [0, 0.1) is 0 Å². The maximum absolute atomic E-state index is 13.5. The minimum absolute atomic E-state index is 0.0282. The second kappa shape index (κ2) is 13.0. The van der Waals surface area contributed by atoms with E-state index in [0.29, 0.717) is 45.9 Å². The van der Waals surface area contributed by atoms with Crippen LogP contribution in [0.3, 0.4) is 0 Å². The van der Waals surface area contributed by atoms with Crippen LogP contribution in [0.5, 0.6) is 11.5 Å². The van der Waals surface area contributed by atoms with Gasteiger partial charge in [0.15, 0.2) is 4.34 Å². The van der Waals surface area contributed by atoms with Gasteiger partial charge in [0.1, 0.15) is 17.3 Å². The van der Waals surface area contributed by atoms with Gasteiger partial charge in [-0.05, 0) is 60.9 Å². The molecule has 3 aromatic carbocycles. The molecule has 1 aliphatic heterocycles. The molecule has 8 nitrogen and oxygen atoms in total. The minimum Gasteiger partial charge on any atom is -0.507 e. The molecule has 0 spiro atoms. The number of aromatic nitrogens is 2. The first-order chi connectivity index (χ1) is 20.0. The summed E-state index contributed by atoms with van der Waals surface area (Å²) in [5.74, 6) is 0.0735. The van der Waals surface area contributed by atoms with Crippen LogP contribution in [0.15, 0.2) is 88.8 Å². The Morgan fingerprint density at radius 3 is 2.46 bits per heavy atom. The van der Waals surface area contributed by atoms with Crippen LogP contribution in [0.2, 0.25) is 0 Å². The number of aliphatic hydroxyl groups is 1. The Bertz CT molecular complexity index is 1550. The number of Topliss-reactive ketones (excluding diaryl/α,β-unsaturated/α-hetero) is 1.